The molecule has 18 heavy (non-hydrogen) atoms. The van der Waals surface area contributed by atoms with Crippen molar-refractivity contribution in [2.45, 2.75) is 75.9 Å². The van der Waals surface area contributed by atoms with Gasteiger partial charge in [-0.1, -0.05) is 20.8 Å². The maximum atomic E-state index is 11.5. The van der Waals surface area contributed by atoms with Crippen LogP contribution >= 0.6 is 0 Å². The van der Waals surface area contributed by atoms with Crippen LogP contribution in [0.5, 0.6) is 0 Å². The molecule has 0 atom stereocenters. The summed E-state index contributed by atoms with van der Waals surface area (Å²) in [5, 5.41) is 0.0810. The van der Waals surface area contributed by atoms with E-state index < -0.39 is 18.2 Å². The van der Waals surface area contributed by atoms with E-state index in [1.54, 1.807) is 0 Å². The normalized spacial score (nSPS) is 27.2. The van der Waals surface area contributed by atoms with Gasteiger partial charge >= 0.3 is 0 Å². The zero-order chi connectivity index (χ0) is 14.2. The van der Waals surface area contributed by atoms with Gasteiger partial charge < -0.3 is 4.43 Å². The molecule has 108 valence electrons. The van der Waals surface area contributed by atoms with E-state index in [-0.39, 0.29) is 16.4 Å². The summed E-state index contributed by atoms with van der Waals surface area (Å²) in [4.78, 5) is 0. The van der Waals surface area contributed by atoms with Crippen molar-refractivity contribution in [3.63, 3.8) is 0 Å². The Kier molecular flexibility index (Phi) is 4.72. The van der Waals surface area contributed by atoms with Crippen LogP contribution in [0.25, 0.3) is 0 Å². The molecule has 0 bridgehead atoms. The highest BCUT2D eigenvalue weighted by atomic mass is 32.2. The van der Waals surface area contributed by atoms with E-state index in [4.69, 9.17) is 4.43 Å². The van der Waals surface area contributed by atoms with Crippen molar-refractivity contribution in [1.82, 2.24) is 0 Å². The van der Waals surface area contributed by atoms with Crippen LogP contribution in [0, 0.1) is 0 Å². The van der Waals surface area contributed by atoms with Crippen molar-refractivity contribution in [3.8, 4) is 0 Å². The number of sulfone groups is 1. The summed E-state index contributed by atoms with van der Waals surface area (Å²) in [6.45, 7) is 11.2. The van der Waals surface area contributed by atoms with Gasteiger partial charge in [0.05, 0.1) is 5.25 Å². The first-order chi connectivity index (χ1) is 7.93. The minimum Gasteiger partial charge on any atom is -0.414 e. The van der Waals surface area contributed by atoms with Gasteiger partial charge in [-0.3, -0.25) is 0 Å². The van der Waals surface area contributed by atoms with Gasteiger partial charge in [-0.25, -0.2) is 8.42 Å². The summed E-state index contributed by atoms with van der Waals surface area (Å²) in [5.41, 5.74) is 0. The number of hydrogen-bond acceptors (Lipinski definition) is 3. The summed E-state index contributed by atoms with van der Waals surface area (Å²) in [7, 11) is -4.58. The zero-order valence-corrected chi connectivity index (χ0v) is 14.4. The van der Waals surface area contributed by atoms with Crippen LogP contribution in [0.4, 0.5) is 0 Å². The van der Waals surface area contributed by atoms with Gasteiger partial charge in [-0.2, -0.15) is 0 Å². The third-order valence-electron chi connectivity index (χ3n) is 4.49. The molecule has 0 aromatic heterocycles. The van der Waals surface area contributed by atoms with Crippen LogP contribution < -0.4 is 0 Å². The molecule has 1 aliphatic carbocycles. The van der Waals surface area contributed by atoms with Crippen LogP contribution in [0.2, 0.25) is 18.1 Å². The van der Waals surface area contributed by atoms with Crippen molar-refractivity contribution in [2.75, 3.05) is 6.26 Å². The summed E-state index contributed by atoms with van der Waals surface area (Å²) in [6.07, 6.45) is 4.93. The van der Waals surface area contributed by atoms with Crippen molar-refractivity contribution >= 4 is 18.2 Å². The molecule has 0 heterocycles. The monoisotopic (exact) mass is 292 g/mol. The molecule has 0 saturated heterocycles. The molecule has 0 aliphatic heterocycles. The molecule has 1 rings (SSSR count). The van der Waals surface area contributed by atoms with Gasteiger partial charge in [0, 0.05) is 12.4 Å². The van der Waals surface area contributed by atoms with Crippen LogP contribution in [0.15, 0.2) is 0 Å². The minimum absolute atomic E-state index is 0.142. The summed E-state index contributed by atoms with van der Waals surface area (Å²) >= 11 is 0. The summed E-state index contributed by atoms with van der Waals surface area (Å²) < 4.78 is 29.4. The van der Waals surface area contributed by atoms with Crippen molar-refractivity contribution in [2.24, 2.45) is 0 Å². The largest absolute Gasteiger partial charge is 0.414 e. The lowest BCUT2D eigenvalue weighted by Gasteiger charge is -2.41. The van der Waals surface area contributed by atoms with E-state index in [1.807, 2.05) is 0 Å². The highest BCUT2D eigenvalue weighted by Gasteiger charge is 2.40. The van der Waals surface area contributed by atoms with E-state index in [9.17, 15) is 8.42 Å². The molecule has 0 N–H and O–H groups in total. The molecule has 0 amide bonds. The molecule has 5 heteroatoms. The predicted octanol–water partition coefficient (Wildman–Crippen LogP) is 3.36. The Morgan fingerprint density at radius 3 is 1.83 bits per heavy atom. The lowest BCUT2D eigenvalue weighted by Crippen LogP contribution is -2.45. The van der Waals surface area contributed by atoms with Gasteiger partial charge in [0.25, 0.3) is 0 Å². The first kappa shape index (κ1) is 16.2. The second-order valence-corrected chi connectivity index (χ2v) is 14.2. The SMILES string of the molecule is CC(C)(C)[Si](C)(C)OC1CCC(S(C)(=O)=O)CC1. The fraction of sp³-hybridized carbons (Fsp3) is 1.00. The fourth-order valence-corrected chi connectivity index (χ4v) is 4.72. The minimum atomic E-state index is -2.87. The van der Waals surface area contributed by atoms with Gasteiger partial charge in [0.1, 0.15) is 9.84 Å². The zero-order valence-electron chi connectivity index (χ0n) is 12.6. The molecule has 0 radical (unpaired) electrons. The average Bonchev–Trinajstić information content (AvgIpc) is 2.14. The maximum absolute atomic E-state index is 11.5. The van der Waals surface area contributed by atoms with Crippen molar-refractivity contribution in [3.05, 3.63) is 0 Å². The molecule has 1 fully saturated rings. The number of hydrogen-bond donors (Lipinski definition) is 0. The highest BCUT2D eigenvalue weighted by Crippen LogP contribution is 2.39. The fourth-order valence-electron chi connectivity index (χ4n) is 2.17. The van der Waals surface area contributed by atoms with E-state index in [0.717, 1.165) is 25.7 Å². The van der Waals surface area contributed by atoms with Crippen molar-refractivity contribution < 1.29 is 12.8 Å². The van der Waals surface area contributed by atoms with E-state index in [2.05, 4.69) is 33.9 Å². The number of rotatable bonds is 3. The van der Waals surface area contributed by atoms with Gasteiger partial charge in [-0.05, 0) is 43.8 Å². The quantitative estimate of drug-likeness (QED) is 0.749. The molecule has 1 aliphatic rings. The first-order valence-corrected chi connectivity index (χ1v) is 11.7. The van der Waals surface area contributed by atoms with Crippen molar-refractivity contribution in [1.29, 1.82) is 0 Å². The van der Waals surface area contributed by atoms with E-state index in [1.165, 1.54) is 6.26 Å². The Balaban J connectivity index is 2.55. The average molecular weight is 293 g/mol. The molecular formula is C13H28O3SSi. The van der Waals surface area contributed by atoms with Crippen LogP contribution in [-0.4, -0.2) is 34.3 Å². The molecule has 0 aromatic rings. The maximum Gasteiger partial charge on any atom is 0.192 e. The van der Waals surface area contributed by atoms with Gasteiger partial charge in [0.2, 0.25) is 0 Å². The Morgan fingerprint density at radius 1 is 1.06 bits per heavy atom. The predicted molar refractivity (Wildman–Crippen MR) is 79.2 cm³/mol. The van der Waals surface area contributed by atoms with E-state index >= 15 is 0 Å². The molecular weight excluding hydrogens is 264 g/mol. The second-order valence-electron chi connectivity index (χ2n) is 7.11. The van der Waals surface area contributed by atoms with Crippen LogP contribution in [-0.2, 0) is 14.3 Å². The Morgan fingerprint density at radius 2 is 1.50 bits per heavy atom. The summed E-state index contributed by atoms with van der Waals surface area (Å²) in [5.74, 6) is 0. The topological polar surface area (TPSA) is 43.4 Å². The Bertz CT molecular complexity index is 374. The van der Waals surface area contributed by atoms with E-state index in [0.29, 0.717) is 0 Å². The third-order valence-corrected chi connectivity index (χ3v) is 10.7. The first-order valence-electron chi connectivity index (χ1n) is 6.80. The third kappa shape index (κ3) is 4.07. The molecule has 3 nitrogen and oxygen atoms in total. The smallest absolute Gasteiger partial charge is 0.192 e. The molecule has 0 aromatic carbocycles. The molecule has 0 spiro atoms. The second kappa shape index (κ2) is 5.25. The molecule has 0 unspecified atom stereocenters. The van der Waals surface area contributed by atoms with Crippen LogP contribution in [0.3, 0.4) is 0 Å². The Hall–Kier alpha value is 0.127. The van der Waals surface area contributed by atoms with Gasteiger partial charge in [-0.15, -0.1) is 0 Å². The van der Waals surface area contributed by atoms with Crippen LogP contribution in [0.1, 0.15) is 46.5 Å². The lowest BCUT2D eigenvalue weighted by atomic mass is 9.97. The van der Waals surface area contributed by atoms with Gasteiger partial charge in [0.15, 0.2) is 8.32 Å². The Labute approximate surface area is 113 Å². The lowest BCUT2D eigenvalue weighted by molar-refractivity contribution is 0.139. The summed E-state index contributed by atoms with van der Waals surface area (Å²) in [6, 6.07) is 0. The standard InChI is InChI=1S/C13H28O3SSi/c1-13(2,3)18(5,6)16-11-7-9-12(10-8-11)17(4,14)15/h11-12H,7-10H2,1-6H3. The highest BCUT2D eigenvalue weighted by molar-refractivity contribution is 7.91. The molecule has 1 saturated carbocycles.